The van der Waals surface area contributed by atoms with E-state index in [4.69, 9.17) is 0 Å². The molecule has 6 nitrogen and oxygen atoms in total. The largest absolute Gasteiger partial charge is 0.349 e. The van der Waals surface area contributed by atoms with Crippen LogP contribution in [0.3, 0.4) is 0 Å². The van der Waals surface area contributed by atoms with Gasteiger partial charge in [0.1, 0.15) is 0 Å². The van der Waals surface area contributed by atoms with Crippen molar-refractivity contribution in [3.8, 4) is 0 Å². The summed E-state index contributed by atoms with van der Waals surface area (Å²) in [4.78, 5) is 25.1. The van der Waals surface area contributed by atoms with Gasteiger partial charge in [0, 0.05) is 51.4 Å². The smallest absolute Gasteiger partial charge is 0.242 e. The summed E-state index contributed by atoms with van der Waals surface area (Å²) in [6.07, 6.45) is 3.46. The lowest BCUT2D eigenvalue weighted by atomic mass is 9.98. The van der Waals surface area contributed by atoms with Crippen LogP contribution in [0.25, 0.3) is 10.8 Å². The number of hydrogen-bond donors (Lipinski definition) is 0. The highest BCUT2D eigenvalue weighted by molar-refractivity contribution is 5.91. The van der Waals surface area contributed by atoms with Crippen molar-refractivity contribution in [1.29, 1.82) is 0 Å². The number of carbonyl (C=O) groups is 1. The summed E-state index contributed by atoms with van der Waals surface area (Å²) in [7, 11) is 2.13. The minimum Gasteiger partial charge on any atom is -0.349 e. The molecule has 0 spiro atoms. The van der Waals surface area contributed by atoms with Crippen LogP contribution in [0.15, 0.2) is 60.7 Å². The van der Waals surface area contributed by atoms with E-state index in [2.05, 4.69) is 87.3 Å². The number of hydrogen-bond acceptors (Lipinski definition) is 5. The van der Waals surface area contributed by atoms with Gasteiger partial charge in [0.25, 0.3) is 0 Å². The van der Waals surface area contributed by atoms with Crippen LogP contribution in [0.2, 0.25) is 0 Å². The summed E-state index contributed by atoms with van der Waals surface area (Å²) in [6, 6.07) is 23.3. The summed E-state index contributed by atoms with van der Waals surface area (Å²) in [5.41, 5.74) is 5.54. The number of fused-ring (bicyclic) bond motifs is 1. The van der Waals surface area contributed by atoms with Crippen molar-refractivity contribution < 1.29 is 4.79 Å². The van der Waals surface area contributed by atoms with Crippen LogP contribution >= 0.6 is 0 Å². The van der Waals surface area contributed by atoms with Crippen molar-refractivity contribution >= 4 is 28.1 Å². The lowest BCUT2D eigenvalue weighted by Gasteiger charge is -2.40. The van der Waals surface area contributed by atoms with Gasteiger partial charge in [-0.05, 0) is 60.3 Å². The van der Waals surface area contributed by atoms with E-state index in [-0.39, 0.29) is 5.91 Å². The maximum atomic E-state index is 13.2. The molecule has 0 aromatic heterocycles. The maximum Gasteiger partial charge on any atom is 0.242 e. The number of carbonyl (C=O) groups excluding carboxylic acids is 1. The third-order valence-electron chi connectivity index (χ3n) is 9.21. The molecule has 0 saturated carbocycles. The molecule has 2 fully saturated rings. The van der Waals surface area contributed by atoms with Gasteiger partial charge in [0.15, 0.2) is 0 Å². The van der Waals surface area contributed by atoms with Gasteiger partial charge in [-0.25, -0.2) is 0 Å². The number of rotatable bonds is 4. The molecule has 192 valence electrons. The van der Waals surface area contributed by atoms with Gasteiger partial charge in [-0.2, -0.15) is 0 Å². The maximum absolute atomic E-state index is 13.2. The van der Waals surface area contributed by atoms with Crippen LogP contribution in [0, 0.1) is 0 Å². The summed E-state index contributed by atoms with van der Waals surface area (Å²) in [5, 5.41) is 2.87. The van der Waals surface area contributed by atoms with Crippen molar-refractivity contribution in [2.75, 3.05) is 69.3 Å². The Morgan fingerprint density at radius 1 is 0.838 bits per heavy atom. The molecule has 3 aromatic carbocycles. The highest BCUT2D eigenvalue weighted by Gasteiger charge is 2.37. The molecular formula is C31H37N5O. The zero-order valence-electron chi connectivity index (χ0n) is 21.9. The zero-order valence-corrected chi connectivity index (χ0v) is 21.9. The number of piperidine rings is 1. The normalized spacial score (nSPS) is 22.7. The summed E-state index contributed by atoms with van der Waals surface area (Å²) < 4.78 is 0. The number of para-hydroxylation sites is 2. The van der Waals surface area contributed by atoms with Crippen molar-refractivity contribution in [1.82, 2.24) is 14.7 Å². The summed E-state index contributed by atoms with van der Waals surface area (Å²) in [6.45, 7) is 7.15. The molecule has 1 aliphatic carbocycles. The Hall–Kier alpha value is -3.09. The van der Waals surface area contributed by atoms with Crippen LogP contribution in [-0.4, -0.2) is 86.2 Å². The van der Waals surface area contributed by atoms with Gasteiger partial charge in [0.2, 0.25) is 5.91 Å². The molecular weight excluding hydrogens is 458 g/mol. The average molecular weight is 496 g/mol. The Morgan fingerprint density at radius 3 is 2.35 bits per heavy atom. The highest BCUT2D eigenvalue weighted by Crippen LogP contribution is 2.43. The molecule has 6 heteroatoms. The second-order valence-electron chi connectivity index (χ2n) is 11.3. The number of anilines is 2. The number of amides is 1. The van der Waals surface area contributed by atoms with Crippen LogP contribution in [0.5, 0.6) is 0 Å². The molecule has 3 heterocycles. The Kier molecular flexibility index (Phi) is 5.82. The van der Waals surface area contributed by atoms with Crippen LogP contribution in [0.1, 0.15) is 30.0 Å². The van der Waals surface area contributed by atoms with Gasteiger partial charge in [-0.3, -0.25) is 9.69 Å². The van der Waals surface area contributed by atoms with E-state index >= 15 is 0 Å². The first-order valence-corrected chi connectivity index (χ1v) is 14.0. The van der Waals surface area contributed by atoms with E-state index in [1.165, 1.54) is 33.3 Å². The zero-order chi connectivity index (χ0) is 24.9. The fourth-order valence-electron chi connectivity index (χ4n) is 7.13. The summed E-state index contributed by atoms with van der Waals surface area (Å²) >= 11 is 0. The number of piperazine rings is 1. The van der Waals surface area contributed by atoms with E-state index in [1.54, 1.807) is 0 Å². The van der Waals surface area contributed by atoms with Crippen molar-refractivity contribution in [3.05, 3.63) is 71.8 Å². The van der Waals surface area contributed by atoms with E-state index in [1.807, 2.05) is 4.90 Å². The van der Waals surface area contributed by atoms with Crippen molar-refractivity contribution in [2.24, 2.45) is 0 Å². The van der Waals surface area contributed by atoms with Crippen molar-refractivity contribution in [3.63, 3.8) is 0 Å². The number of benzene rings is 3. The molecule has 0 radical (unpaired) electrons. The third kappa shape index (κ3) is 4.07. The predicted molar refractivity (Wildman–Crippen MR) is 150 cm³/mol. The quantitative estimate of drug-likeness (QED) is 0.547. The molecule has 2 saturated heterocycles. The molecule has 3 aromatic rings. The number of nitrogens with zero attached hydrogens (tertiary/aromatic N) is 5. The van der Waals surface area contributed by atoms with Gasteiger partial charge in [-0.15, -0.1) is 0 Å². The molecule has 37 heavy (non-hydrogen) atoms. The minimum absolute atomic E-state index is 0.259. The van der Waals surface area contributed by atoms with Gasteiger partial charge < -0.3 is 19.6 Å². The second kappa shape index (κ2) is 9.34. The first-order valence-electron chi connectivity index (χ1n) is 14.0. The lowest BCUT2D eigenvalue weighted by molar-refractivity contribution is -0.131. The number of likely N-dealkylation sites (N-methyl/N-ethyl adjacent to an activating group) is 1. The Morgan fingerprint density at radius 2 is 1.57 bits per heavy atom. The van der Waals surface area contributed by atoms with Gasteiger partial charge >= 0.3 is 0 Å². The molecule has 1 unspecified atom stereocenters. The molecule has 0 bridgehead atoms. The van der Waals surface area contributed by atoms with Crippen LogP contribution < -0.4 is 9.80 Å². The molecule has 1 atom stereocenters. The van der Waals surface area contributed by atoms with Crippen molar-refractivity contribution in [2.45, 2.75) is 31.3 Å². The fraction of sp³-hybridized carbons (Fsp3) is 0.452. The number of likely N-dealkylation sites (tertiary alicyclic amines) is 1. The average Bonchev–Trinajstić information content (AvgIpc) is 3.50. The van der Waals surface area contributed by atoms with Crippen LogP contribution in [-0.2, 0) is 11.2 Å². The topological polar surface area (TPSA) is 33.3 Å². The first kappa shape index (κ1) is 23.1. The Labute approximate surface area is 220 Å². The monoisotopic (exact) mass is 495 g/mol. The standard InChI is InChI=1S/C31H37N5O/c1-32-16-18-34(19-17-32)30(37)21-35-22-36(28-11-3-2-10-27(28)35)25-12-14-33(15-13-25)29-20-24-8-4-6-23-7-5-9-26(29)31(23)24/h2-11,25,29H,12-22H2,1H3. The van der Waals surface area contributed by atoms with Gasteiger partial charge in [-0.1, -0.05) is 48.5 Å². The molecule has 3 aliphatic heterocycles. The fourth-order valence-corrected chi connectivity index (χ4v) is 7.13. The van der Waals surface area contributed by atoms with E-state index in [9.17, 15) is 4.79 Å². The van der Waals surface area contributed by atoms with Gasteiger partial charge in [0.05, 0.1) is 24.6 Å². The molecule has 0 N–H and O–H groups in total. The SMILES string of the molecule is CN1CCN(C(=O)CN2CN(C3CCN(C4Cc5cccc6cccc4c56)CC3)c3ccccc32)CC1. The second-order valence-corrected chi connectivity index (χ2v) is 11.3. The third-order valence-corrected chi connectivity index (χ3v) is 9.21. The molecule has 4 aliphatic rings. The van der Waals surface area contributed by atoms with E-state index < -0.39 is 0 Å². The Bertz CT molecular complexity index is 1300. The first-order chi connectivity index (χ1) is 18.2. The molecule has 1 amide bonds. The van der Waals surface area contributed by atoms with E-state index in [0.29, 0.717) is 18.6 Å². The predicted octanol–water partition coefficient (Wildman–Crippen LogP) is 3.96. The van der Waals surface area contributed by atoms with E-state index in [0.717, 1.165) is 65.2 Å². The molecule has 7 rings (SSSR count). The highest BCUT2D eigenvalue weighted by atomic mass is 16.2. The van der Waals surface area contributed by atoms with Crippen LogP contribution in [0.4, 0.5) is 11.4 Å². The minimum atomic E-state index is 0.259. The summed E-state index contributed by atoms with van der Waals surface area (Å²) in [5.74, 6) is 0.259. The lowest BCUT2D eigenvalue weighted by Crippen LogP contribution is -2.51. The Balaban J connectivity index is 1.03.